The largest absolute Gasteiger partial charge is 0.339 e. The Hall–Kier alpha value is -0.610. The number of carbonyl (C=O) groups excluding carboxylic acids is 1. The molecule has 0 aromatic rings. The number of likely N-dealkylation sites (N-methyl/N-ethyl adjacent to an activating group) is 1. The van der Waals surface area contributed by atoms with Gasteiger partial charge < -0.3 is 10.2 Å². The van der Waals surface area contributed by atoms with E-state index in [9.17, 15) is 4.79 Å². The fourth-order valence-electron chi connectivity index (χ4n) is 1.65. The molecule has 0 saturated carbocycles. The van der Waals surface area contributed by atoms with E-state index in [1.165, 1.54) is 0 Å². The van der Waals surface area contributed by atoms with Crippen molar-refractivity contribution in [3.8, 4) is 0 Å². The molecule has 0 spiro atoms. The molecule has 0 aliphatic carbocycles. The van der Waals surface area contributed by atoms with Crippen molar-refractivity contribution in [1.29, 1.82) is 0 Å². The van der Waals surface area contributed by atoms with Crippen LogP contribution in [0.5, 0.6) is 0 Å². The van der Waals surface area contributed by atoms with Crippen molar-refractivity contribution in [3.63, 3.8) is 0 Å². The average molecular weight is 213 g/mol. The summed E-state index contributed by atoms with van der Waals surface area (Å²) in [4.78, 5) is 16.0. The summed E-state index contributed by atoms with van der Waals surface area (Å²) in [5, 5.41) is 3.34. The molecule has 88 valence electrons. The van der Waals surface area contributed by atoms with Gasteiger partial charge in [0.1, 0.15) is 0 Å². The van der Waals surface area contributed by atoms with Crippen LogP contribution in [0.25, 0.3) is 0 Å². The highest BCUT2D eigenvalue weighted by molar-refractivity contribution is 5.78. The van der Waals surface area contributed by atoms with Crippen molar-refractivity contribution in [2.24, 2.45) is 0 Å². The molecule has 1 rings (SSSR count). The summed E-state index contributed by atoms with van der Waals surface area (Å²) in [6.45, 7) is 9.45. The second kappa shape index (κ2) is 5.47. The minimum absolute atomic E-state index is 0.250. The van der Waals surface area contributed by atoms with Gasteiger partial charge in [0.2, 0.25) is 5.91 Å². The molecule has 15 heavy (non-hydrogen) atoms. The Labute approximate surface area is 92.6 Å². The first-order valence-corrected chi connectivity index (χ1v) is 5.72. The summed E-state index contributed by atoms with van der Waals surface area (Å²) in [5.74, 6) is 0.250. The number of rotatable bonds is 3. The third-order valence-corrected chi connectivity index (χ3v) is 2.99. The van der Waals surface area contributed by atoms with Crippen molar-refractivity contribution in [1.82, 2.24) is 15.1 Å². The van der Waals surface area contributed by atoms with Crippen molar-refractivity contribution in [2.45, 2.75) is 32.9 Å². The standard InChI is InChI=1S/C11H23N3O/c1-9(2)13(4)8-11(15)14-6-5-12-10(3)7-14/h9-10,12H,5-8H2,1-4H3/t10-/m1/s1. The summed E-state index contributed by atoms with van der Waals surface area (Å²) in [6, 6.07) is 0.848. The Morgan fingerprint density at radius 2 is 2.27 bits per heavy atom. The summed E-state index contributed by atoms with van der Waals surface area (Å²) < 4.78 is 0. The molecule has 4 nitrogen and oxygen atoms in total. The number of nitrogens with one attached hydrogen (secondary N) is 1. The Morgan fingerprint density at radius 1 is 1.60 bits per heavy atom. The predicted octanol–water partition coefficient (Wildman–Crippen LogP) is 0.147. The number of carbonyl (C=O) groups is 1. The highest BCUT2D eigenvalue weighted by atomic mass is 16.2. The van der Waals surface area contributed by atoms with Crippen LogP contribution in [0.4, 0.5) is 0 Å². The zero-order chi connectivity index (χ0) is 11.4. The Morgan fingerprint density at radius 3 is 2.80 bits per heavy atom. The van der Waals surface area contributed by atoms with Crippen molar-refractivity contribution in [2.75, 3.05) is 33.2 Å². The van der Waals surface area contributed by atoms with E-state index in [2.05, 4.69) is 31.0 Å². The molecule has 1 aliphatic rings. The normalized spacial score (nSPS) is 22.5. The van der Waals surface area contributed by atoms with Crippen molar-refractivity contribution >= 4 is 5.91 Å². The van der Waals surface area contributed by atoms with E-state index in [1.54, 1.807) is 0 Å². The lowest BCUT2D eigenvalue weighted by Gasteiger charge is -2.33. The lowest BCUT2D eigenvalue weighted by molar-refractivity contribution is -0.133. The van der Waals surface area contributed by atoms with Gasteiger partial charge in [0.15, 0.2) is 0 Å². The maximum Gasteiger partial charge on any atom is 0.236 e. The maximum atomic E-state index is 11.9. The molecule has 1 fully saturated rings. The zero-order valence-electron chi connectivity index (χ0n) is 10.3. The summed E-state index contributed by atoms with van der Waals surface area (Å²) in [7, 11) is 1.99. The van der Waals surface area contributed by atoms with Crippen molar-refractivity contribution < 1.29 is 4.79 Å². The minimum Gasteiger partial charge on any atom is -0.339 e. The Balaban J connectivity index is 2.39. The van der Waals surface area contributed by atoms with Gasteiger partial charge in [-0.3, -0.25) is 9.69 Å². The molecule has 1 aliphatic heterocycles. The first kappa shape index (κ1) is 12.5. The first-order valence-electron chi connectivity index (χ1n) is 5.72. The molecule has 4 heteroatoms. The van der Waals surface area contributed by atoms with Crippen LogP contribution in [0.2, 0.25) is 0 Å². The van der Waals surface area contributed by atoms with Crippen LogP contribution >= 0.6 is 0 Å². The zero-order valence-corrected chi connectivity index (χ0v) is 10.3. The molecule has 1 amide bonds. The van der Waals surface area contributed by atoms with E-state index >= 15 is 0 Å². The highest BCUT2D eigenvalue weighted by Gasteiger charge is 2.21. The molecule has 1 saturated heterocycles. The summed E-state index contributed by atoms with van der Waals surface area (Å²) in [6.07, 6.45) is 0. The van der Waals surface area contributed by atoms with Gasteiger partial charge in [-0.25, -0.2) is 0 Å². The molecule has 0 aromatic carbocycles. The van der Waals surface area contributed by atoms with Crippen LogP contribution in [-0.2, 0) is 4.79 Å². The van der Waals surface area contributed by atoms with E-state index in [0.717, 1.165) is 19.6 Å². The van der Waals surface area contributed by atoms with E-state index in [4.69, 9.17) is 0 Å². The monoisotopic (exact) mass is 213 g/mol. The van der Waals surface area contributed by atoms with Gasteiger partial charge in [0.05, 0.1) is 6.54 Å². The van der Waals surface area contributed by atoms with Crippen LogP contribution in [0, 0.1) is 0 Å². The molecule has 0 radical (unpaired) electrons. The molecule has 0 bridgehead atoms. The van der Waals surface area contributed by atoms with Crippen LogP contribution in [0.1, 0.15) is 20.8 Å². The molecule has 1 heterocycles. The molecular formula is C11H23N3O. The third kappa shape index (κ3) is 3.80. The van der Waals surface area contributed by atoms with E-state index in [0.29, 0.717) is 18.6 Å². The van der Waals surface area contributed by atoms with E-state index < -0.39 is 0 Å². The van der Waals surface area contributed by atoms with E-state index in [1.807, 2.05) is 11.9 Å². The molecule has 0 aromatic heterocycles. The topological polar surface area (TPSA) is 35.6 Å². The molecule has 1 N–H and O–H groups in total. The van der Waals surface area contributed by atoms with Gasteiger partial charge in [-0.2, -0.15) is 0 Å². The van der Waals surface area contributed by atoms with Crippen LogP contribution in [-0.4, -0.2) is 61.0 Å². The quantitative estimate of drug-likeness (QED) is 0.725. The van der Waals surface area contributed by atoms with Crippen LogP contribution in [0.15, 0.2) is 0 Å². The summed E-state index contributed by atoms with van der Waals surface area (Å²) in [5.41, 5.74) is 0. The number of hydrogen-bond donors (Lipinski definition) is 1. The number of nitrogens with zero attached hydrogens (tertiary/aromatic N) is 2. The maximum absolute atomic E-state index is 11.9. The number of piperazine rings is 1. The fourth-order valence-corrected chi connectivity index (χ4v) is 1.65. The van der Waals surface area contributed by atoms with Crippen LogP contribution < -0.4 is 5.32 Å². The second-order valence-electron chi connectivity index (χ2n) is 4.70. The first-order chi connectivity index (χ1) is 7.00. The SMILES string of the molecule is CC(C)N(C)CC(=O)N1CCN[C@H](C)C1. The number of hydrogen-bond acceptors (Lipinski definition) is 3. The Bertz CT molecular complexity index is 218. The summed E-state index contributed by atoms with van der Waals surface area (Å²) >= 11 is 0. The Kier molecular flexibility index (Phi) is 4.54. The number of amides is 1. The third-order valence-electron chi connectivity index (χ3n) is 2.99. The smallest absolute Gasteiger partial charge is 0.236 e. The lowest BCUT2D eigenvalue weighted by Crippen LogP contribution is -2.53. The lowest BCUT2D eigenvalue weighted by atomic mass is 10.2. The average Bonchev–Trinajstić information content (AvgIpc) is 2.17. The van der Waals surface area contributed by atoms with Gasteiger partial charge in [0, 0.05) is 31.7 Å². The minimum atomic E-state index is 0.250. The van der Waals surface area contributed by atoms with Gasteiger partial charge in [0.25, 0.3) is 0 Å². The van der Waals surface area contributed by atoms with Gasteiger partial charge in [-0.1, -0.05) is 0 Å². The van der Waals surface area contributed by atoms with Gasteiger partial charge >= 0.3 is 0 Å². The predicted molar refractivity (Wildman–Crippen MR) is 61.8 cm³/mol. The van der Waals surface area contributed by atoms with Gasteiger partial charge in [-0.15, -0.1) is 0 Å². The van der Waals surface area contributed by atoms with E-state index in [-0.39, 0.29) is 5.91 Å². The second-order valence-corrected chi connectivity index (χ2v) is 4.70. The van der Waals surface area contributed by atoms with Gasteiger partial charge in [-0.05, 0) is 27.8 Å². The fraction of sp³-hybridized carbons (Fsp3) is 0.909. The highest BCUT2D eigenvalue weighted by Crippen LogP contribution is 2.01. The van der Waals surface area contributed by atoms with Crippen LogP contribution in [0.3, 0.4) is 0 Å². The molecule has 0 unspecified atom stereocenters. The molecular weight excluding hydrogens is 190 g/mol. The molecule has 1 atom stereocenters. The van der Waals surface area contributed by atoms with Crippen molar-refractivity contribution in [3.05, 3.63) is 0 Å².